The molecule has 0 saturated carbocycles. The van der Waals surface area contributed by atoms with E-state index in [-0.39, 0.29) is 17.9 Å². The van der Waals surface area contributed by atoms with Crippen LogP contribution in [-0.2, 0) is 17.4 Å². The van der Waals surface area contributed by atoms with E-state index in [1.807, 2.05) is 0 Å². The van der Waals surface area contributed by atoms with Crippen LogP contribution in [-0.4, -0.2) is 10.9 Å². The molecule has 2 N–H and O–H groups in total. The summed E-state index contributed by atoms with van der Waals surface area (Å²) in [5.74, 6) is -2.47. The van der Waals surface area contributed by atoms with Crippen LogP contribution in [0.1, 0.15) is 22.6 Å². The molecule has 4 nitrogen and oxygen atoms in total. The van der Waals surface area contributed by atoms with Crippen LogP contribution in [0.4, 0.5) is 39.1 Å². The zero-order chi connectivity index (χ0) is 25.6. The van der Waals surface area contributed by atoms with E-state index < -0.39 is 29.3 Å². The fourth-order valence-corrected chi connectivity index (χ4v) is 4.43. The zero-order valence-electron chi connectivity index (χ0n) is 18.6. The first kappa shape index (κ1) is 23.5. The number of aromatic nitrogens is 1. The number of rotatable bonds is 4. The SMILES string of the molecule is Nc1ccc(N2C(=O)C(Cc3cc(F)cc(F)c3)c3cc(-c4cccc(C(F)(F)F)c4)ccc32)nc1. The summed E-state index contributed by atoms with van der Waals surface area (Å²) in [4.78, 5) is 19.2. The topological polar surface area (TPSA) is 59.2 Å². The van der Waals surface area contributed by atoms with Gasteiger partial charge in [0.15, 0.2) is 0 Å². The van der Waals surface area contributed by atoms with Crippen LogP contribution in [0.5, 0.6) is 0 Å². The van der Waals surface area contributed by atoms with Crippen molar-refractivity contribution in [3.63, 3.8) is 0 Å². The molecule has 1 amide bonds. The minimum Gasteiger partial charge on any atom is -0.397 e. The smallest absolute Gasteiger partial charge is 0.397 e. The van der Waals surface area contributed by atoms with Crippen LogP contribution in [0.2, 0.25) is 0 Å². The second-order valence-corrected chi connectivity index (χ2v) is 8.51. The van der Waals surface area contributed by atoms with Gasteiger partial charge in [-0.05, 0) is 77.2 Å². The summed E-state index contributed by atoms with van der Waals surface area (Å²) in [6.07, 6.45) is -3.13. The van der Waals surface area contributed by atoms with Gasteiger partial charge in [-0.15, -0.1) is 0 Å². The predicted molar refractivity (Wildman–Crippen MR) is 125 cm³/mol. The summed E-state index contributed by atoms with van der Waals surface area (Å²) in [6, 6.07) is 16.0. The van der Waals surface area contributed by atoms with Gasteiger partial charge < -0.3 is 5.73 Å². The molecule has 36 heavy (non-hydrogen) atoms. The fraction of sp³-hybridized carbons (Fsp3) is 0.111. The first-order chi connectivity index (χ1) is 17.1. The molecule has 4 aromatic rings. The van der Waals surface area contributed by atoms with Gasteiger partial charge in [0.2, 0.25) is 5.91 Å². The number of alkyl halides is 3. The number of nitrogens with zero attached hydrogens (tertiary/aromatic N) is 2. The number of nitrogen functional groups attached to an aromatic ring is 1. The molecule has 1 aromatic heterocycles. The largest absolute Gasteiger partial charge is 0.416 e. The zero-order valence-corrected chi connectivity index (χ0v) is 18.6. The van der Waals surface area contributed by atoms with Crippen LogP contribution < -0.4 is 10.6 Å². The minimum atomic E-state index is -4.51. The summed E-state index contributed by atoms with van der Waals surface area (Å²) in [6.45, 7) is 0. The molecule has 3 aromatic carbocycles. The van der Waals surface area contributed by atoms with Gasteiger partial charge in [0, 0.05) is 6.07 Å². The quantitative estimate of drug-likeness (QED) is 0.323. The Bertz CT molecular complexity index is 1450. The Balaban J connectivity index is 1.62. The Hall–Kier alpha value is -4.27. The van der Waals surface area contributed by atoms with Crippen molar-refractivity contribution in [1.29, 1.82) is 0 Å². The standard InChI is InChI=1S/C27H18F5N3O/c28-19-8-15(9-20(29)13-19)10-23-22-12-17(16-2-1-3-18(11-16)27(30,31)32)4-6-24(22)35(26(23)36)25-7-5-21(33)14-34-25/h1-9,11-14,23H,10,33H2. The number of pyridine rings is 1. The van der Waals surface area contributed by atoms with Gasteiger partial charge in [-0.2, -0.15) is 13.2 Å². The van der Waals surface area contributed by atoms with E-state index in [9.17, 15) is 26.7 Å². The maximum atomic E-state index is 13.8. The first-order valence-electron chi connectivity index (χ1n) is 10.9. The molecule has 0 saturated heterocycles. The molecule has 5 rings (SSSR count). The van der Waals surface area contributed by atoms with Crippen LogP contribution in [0.15, 0.2) is 79.0 Å². The van der Waals surface area contributed by atoms with E-state index in [4.69, 9.17) is 5.73 Å². The normalized spacial score (nSPS) is 15.3. The Morgan fingerprint density at radius 3 is 2.28 bits per heavy atom. The predicted octanol–water partition coefficient (Wildman–Crippen LogP) is 6.63. The van der Waals surface area contributed by atoms with Gasteiger partial charge in [0.05, 0.1) is 29.1 Å². The molecule has 0 spiro atoms. The van der Waals surface area contributed by atoms with Crippen molar-refractivity contribution in [2.24, 2.45) is 0 Å². The molecule has 1 aliphatic rings. The summed E-state index contributed by atoms with van der Waals surface area (Å²) < 4.78 is 67.5. The monoisotopic (exact) mass is 495 g/mol. The number of halogens is 5. The van der Waals surface area contributed by atoms with Crippen LogP contribution in [0, 0.1) is 11.6 Å². The molecule has 0 bridgehead atoms. The van der Waals surface area contributed by atoms with E-state index in [1.54, 1.807) is 36.4 Å². The lowest BCUT2D eigenvalue weighted by atomic mass is 9.90. The summed E-state index contributed by atoms with van der Waals surface area (Å²) in [7, 11) is 0. The molecule has 9 heteroatoms. The molecule has 0 fully saturated rings. The van der Waals surface area contributed by atoms with Crippen LogP contribution in [0.25, 0.3) is 11.1 Å². The number of benzene rings is 3. The Morgan fingerprint density at radius 1 is 0.889 bits per heavy atom. The highest BCUT2D eigenvalue weighted by molar-refractivity contribution is 6.10. The highest BCUT2D eigenvalue weighted by Crippen LogP contribution is 2.45. The molecule has 1 atom stereocenters. The maximum Gasteiger partial charge on any atom is 0.416 e. The highest BCUT2D eigenvalue weighted by Gasteiger charge is 2.39. The first-order valence-corrected chi connectivity index (χ1v) is 10.9. The summed E-state index contributed by atoms with van der Waals surface area (Å²) in [5.41, 5.74) is 7.38. The molecule has 1 unspecified atom stereocenters. The second-order valence-electron chi connectivity index (χ2n) is 8.51. The van der Waals surface area contributed by atoms with Crippen LogP contribution >= 0.6 is 0 Å². The molecular formula is C27H18F5N3O. The van der Waals surface area contributed by atoms with E-state index in [2.05, 4.69) is 4.98 Å². The molecule has 0 radical (unpaired) electrons. The summed E-state index contributed by atoms with van der Waals surface area (Å²) >= 11 is 0. The second kappa shape index (κ2) is 8.75. The number of amides is 1. The number of fused-ring (bicyclic) bond motifs is 1. The molecular weight excluding hydrogens is 477 g/mol. The van der Waals surface area contributed by atoms with Gasteiger partial charge >= 0.3 is 6.18 Å². The van der Waals surface area contributed by atoms with Gasteiger partial charge in [-0.1, -0.05) is 18.2 Å². The van der Waals surface area contributed by atoms with Gasteiger partial charge in [0.25, 0.3) is 0 Å². The number of hydrogen-bond donors (Lipinski definition) is 1. The number of anilines is 3. The van der Waals surface area contributed by atoms with Crippen molar-refractivity contribution < 1.29 is 26.7 Å². The number of nitrogens with two attached hydrogens (primary N) is 1. The lowest BCUT2D eigenvalue weighted by Gasteiger charge is -2.17. The summed E-state index contributed by atoms with van der Waals surface area (Å²) in [5, 5.41) is 0. The van der Waals surface area contributed by atoms with Gasteiger partial charge in [-0.3, -0.25) is 9.69 Å². The van der Waals surface area contributed by atoms with E-state index in [0.717, 1.165) is 30.3 Å². The van der Waals surface area contributed by atoms with Gasteiger partial charge in [0.1, 0.15) is 17.5 Å². The van der Waals surface area contributed by atoms with E-state index >= 15 is 0 Å². The average Bonchev–Trinajstić information content (AvgIpc) is 3.09. The number of carbonyl (C=O) groups is 1. The Labute approximate surface area is 202 Å². The van der Waals surface area contributed by atoms with Crippen molar-refractivity contribution in [2.75, 3.05) is 10.6 Å². The minimum absolute atomic E-state index is 0.0158. The van der Waals surface area contributed by atoms with E-state index in [0.29, 0.717) is 33.9 Å². The maximum absolute atomic E-state index is 13.8. The average molecular weight is 495 g/mol. The number of carbonyl (C=O) groups excluding carboxylic acids is 1. The van der Waals surface area contributed by atoms with Crippen molar-refractivity contribution in [1.82, 2.24) is 4.98 Å². The van der Waals surface area contributed by atoms with Crippen molar-refractivity contribution in [3.8, 4) is 11.1 Å². The lowest BCUT2D eigenvalue weighted by Crippen LogP contribution is -2.25. The third-order valence-corrected chi connectivity index (χ3v) is 6.05. The fourth-order valence-electron chi connectivity index (χ4n) is 4.43. The Kier molecular flexibility index (Phi) is 5.70. The van der Waals surface area contributed by atoms with Crippen molar-refractivity contribution in [3.05, 3.63) is 107 Å². The molecule has 1 aliphatic heterocycles. The third kappa shape index (κ3) is 4.39. The van der Waals surface area contributed by atoms with Crippen LogP contribution in [0.3, 0.4) is 0 Å². The van der Waals surface area contributed by atoms with E-state index in [1.165, 1.54) is 17.2 Å². The molecule has 182 valence electrons. The molecule has 2 heterocycles. The number of hydrogen-bond acceptors (Lipinski definition) is 3. The third-order valence-electron chi connectivity index (χ3n) is 6.05. The van der Waals surface area contributed by atoms with Crippen molar-refractivity contribution in [2.45, 2.75) is 18.5 Å². The Morgan fingerprint density at radius 2 is 1.61 bits per heavy atom. The highest BCUT2D eigenvalue weighted by atomic mass is 19.4. The van der Waals surface area contributed by atoms with Gasteiger partial charge in [-0.25, -0.2) is 13.8 Å². The molecule has 0 aliphatic carbocycles. The lowest BCUT2D eigenvalue weighted by molar-refractivity contribution is -0.137. The van der Waals surface area contributed by atoms with Crippen molar-refractivity contribution >= 4 is 23.1 Å².